The van der Waals surface area contributed by atoms with Gasteiger partial charge in [0.1, 0.15) is 6.04 Å². The molecule has 1 aromatic rings. The summed E-state index contributed by atoms with van der Waals surface area (Å²) in [6, 6.07) is 4.95. The van der Waals surface area contributed by atoms with Crippen LogP contribution >= 0.6 is 0 Å². The lowest BCUT2D eigenvalue weighted by molar-refractivity contribution is -0.123. The van der Waals surface area contributed by atoms with Gasteiger partial charge in [-0.2, -0.15) is 0 Å². The minimum absolute atomic E-state index is 0.0542. The number of nitrogens with one attached hydrogen (secondary N) is 3. The number of benzene rings is 1. The minimum atomic E-state index is -0.561. The van der Waals surface area contributed by atoms with Crippen LogP contribution in [0, 0.1) is 6.92 Å². The van der Waals surface area contributed by atoms with E-state index in [1.165, 1.54) is 0 Å². The number of carbonyl (C=O) groups excluding carboxylic acids is 2. The third-order valence-electron chi connectivity index (χ3n) is 3.03. The van der Waals surface area contributed by atoms with E-state index in [-0.39, 0.29) is 17.9 Å². The first-order valence-corrected chi connectivity index (χ1v) is 7.31. The quantitative estimate of drug-likeness (QED) is 0.751. The van der Waals surface area contributed by atoms with E-state index in [2.05, 4.69) is 16.0 Å². The Labute approximate surface area is 126 Å². The molecular weight excluding hydrogens is 266 g/mol. The highest BCUT2D eigenvalue weighted by Gasteiger charge is 2.17. The predicted octanol–water partition coefficient (Wildman–Crippen LogP) is 2.07. The van der Waals surface area contributed by atoms with E-state index in [9.17, 15) is 9.59 Å². The van der Waals surface area contributed by atoms with Gasteiger partial charge in [-0.15, -0.1) is 0 Å². The van der Waals surface area contributed by atoms with E-state index in [1.54, 1.807) is 13.0 Å². The molecule has 1 rings (SSSR count). The predicted molar refractivity (Wildman–Crippen MR) is 85.5 cm³/mol. The Bertz CT molecular complexity index is 512. The topological polar surface area (TPSA) is 70.2 Å². The fourth-order valence-electron chi connectivity index (χ4n) is 1.95. The van der Waals surface area contributed by atoms with Crippen molar-refractivity contribution < 1.29 is 9.59 Å². The summed E-state index contributed by atoms with van der Waals surface area (Å²) in [6.45, 7) is 10.2. The van der Waals surface area contributed by atoms with E-state index in [4.69, 9.17) is 0 Å². The molecule has 3 N–H and O–H groups in total. The molecule has 0 aliphatic heterocycles. The third-order valence-corrected chi connectivity index (χ3v) is 3.03. The van der Waals surface area contributed by atoms with Gasteiger partial charge in [0.05, 0.1) is 0 Å². The monoisotopic (exact) mass is 291 g/mol. The number of hydrogen-bond donors (Lipinski definition) is 3. The van der Waals surface area contributed by atoms with Crippen molar-refractivity contribution >= 4 is 17.5 Å². The zero-order valence-corrected chi connectivity index (χ0v) is 13.4. The molecule has 1 unspecified atom stereocenters. The first-order valence-electron chi connectivity index (χ1n) is 7.31. The molecule has 0 radical (unpaired) electrons. The van der Waals surface area contributed by atoms with Crippen LogP contribution in [0.2, 0.25) is 0 Å². The maximum absolute atomic E-state index is 12.2. The lowest BCUT2D eigenvalue weighted by atomic mass is 10.1. The zero-order valence-electron chi connectivity index (χ0n) is 13.4. The van der Waals surface area contributed by atoms with Gasteiger partial charge in [0.25, 0.3) is 5.91 Å². The summed E-state index contributed by atoms with van der Waals surface area (Å²) < 4.78 is 0. The average Bonchev–Trinajstić information content (AvgIpc) is 2.40. The maximum Gasteiger partial charge on any atom is 0.251 e. The summed E-state index contributed by atoms with van der Waals surface area (Å²) >= 11 is 0. The van der Waals surface area contributed by atoms with Crippen LogP contribution in [0.3, 0.4) is 0 Å². The van der Waals surface area contributed by atoms with Crippen LogP contribution in [0.15, 0.2) is 18.2 Å². The Morgan fingerprint density at radius 2 is 1.81 bits per heavy atom. The van der Waals surface area contributed by atoms with Crippen LogP contribution in [0.1, 0.15) is 43.6 Å². The minimum Gasteiger partial charge on any atom is -0.385 e. The summed E-state index contributed by atoms with van der Waals surface area (Å²) in [5.74, 6) is -0.424. The van der Waals surface area contributed by atoms with Gasteiger partial charge < -0.3 is 16.0 Å². The zero-order chi connectivity index (χ0) is 16.0. The second kappa shape index (κ2) is 7.67. The Morgan fingerprint density at radius 1 is 1.14 bits per heavy atom. The van der Waals surface area contributed by atoms with E-state index < -0.39 is 6.04 Å². The summed E-state index contributed by atoms with van der Waals surface area (Å²) in [5, 5.41) is 8.71. The summed E-state index contributed by atoms with van der Waals surface area (Å²) in [6.07, 6.45) is 0. The van der Waals surface area contributed by atoms with E-state index in [0.29, 0.717) is 5.56 Å². The van der Waals surface area contributed by atoms with Crippen molar-refractivity contribution in [3.8, 4) is 0 Å². The smallest absolute Gasteiger partial charge is 0.251 e. The second-order valence-electron chi connectivity index (χ2n) is 5.42. The highest BCUT2D eigenvalue weighted by Crippen LogP contribution is 2.16. The van der Waals surface area contributed by atoms with Gasteiger partial charge in [0.2, 0.25) is 5.91 Å². The number of aryl methyl sites for hydroxylation is 1. The van der Waals surface area contributed by atoms with Gasteiger partial charge >= 0.3 is 0 Å². The van der Waals surface area contributed by atoms with Crippen molar-refractivity contribution in [3.63, 3.8) is 0 Å². The molecule has 2 amide bonds. The van der Waals surface area contributed by atoms with Gasteiger partial charge in [-0.1, -0.05) is 0 Å². The Morgan fingerprint density at radius 3 is 2.33 bits per heavy atom. The molecule has 116 valence electrons. The molecule has 0 aliphatic carbocycles. The molecule has 0 fully saturated rings. The van der Waals surface area contributed by atoms with Gasteiger partial charge in [0, 0.05) is 23.8 Å². The molecule has 21 heavy (non-hydrogen) atoms. The Hall–Kier alpha value is -2.04. The first-order chi connectivity index (χ1) is 9.85. The molecule has 0 aliphatic rings. The van der Waals surface area contributed by atoms with Gasteiger partial charge in [0.15, 0.2) is 0 Å². The summed E-state index contributed by atoms with van der Waals surface area (Å²) in [4.78, 5) is 23.9. The van der Waals surface area contributed by atoms with Crippen LogP contribution in [-0.2, 0) is 4.79 Å². The van der Waals surface area contributed by atoms with Crippen LogP contribution in [0.5, 0.6) is 0 Å². The third kappa shape index (κ3) is 5.10. The lowest BCUT2D eigenvalue weighted by Gasteiger charge is -2.16. The van der Waals surface area contributed by atoms with E-state index in [0.717, 1.165) is 17.8 Å². The Balaban J connectivity index is 2.71. The van der Waals surface area contributed by atoms with E-state index >= 15 is 0 Å². The van der Waals surface area contributed by atoms with Gasteiger partial charge in [-0.05, 0) is 58.4 Å². The van der Waals surface area contributed by atoms with Crippen molar-refractivity contribution in [2.45, 2.75) is 46.7 Å². The maximum atomic E-state index is 12.2. The molecule has 5 nitrogen and oxygen atoms in total. The fourth-order valence-corrected chi connectivity index (χ4v) is 1.95. The number of hydrogen-bond acceptors (Lipinski definition) is 3. The first kappa shape index (κ1) is 17.0. The second-order valence-corrected chi connectivity index (χ2v) is 5.42. The highest BCUT2D eigenvalue weighted by molar-refractivity contribution is 5.98. The standard InChI is InChI=1S/C16H25N3O2/c1-6-17-14-8-7-13(9-11(14)4)16(21)19-12(5)15(20)18-10(2)3/h7-10,12,17H,6H2,1-5H3,(H,18,20)(H,19,21). The number of rotatable bonds is 6. The van der Waals surface area contributed by atoms with Crippen LogP contribution in [0.4, 0.5) is 5.69 Å². The number of carbonyl (C=O) groups is 2. The van der Waals surface area contributed by atoms with Crippen molar-refractivity contribution in [1.82, 2.24) is 10.6 Å². The SMILES string of the molecule is CCNc1ccc(C(=O)NC(C)C(=O)NC(C)C)cc1C. The molecule has 1 atom stereocenters. The average molecular weight is 291 g/mol. The molecular formula is C16H25N3O2. The van der Waals surface area contributed by atoms with Crippen LogP contribution in [-0.4, -0.2) is 30.4 Å². The van der Waals surface area contributed by atoms with Crippen molar-refractivity contribution in [1.29, 1.82) is 0 Å². The van der Waals surface area contributed by atoms with Crippen LogP contribution in [0.25, 0.3) is 0 Å². The fraction of sp³-hybridized carbons (Fsp3) is 0.500. The molecule has 0 bridgehead atoms. The molecule has 0 saturated carbocycles. The molecule has 0 aromatic heterocycles. The van der Waals surface area contributed by atoms with Crippen molar-refractivity contribution in [2.24, 2.45) is 0 Å². The summed E-state index contributed by atoms with van der Waals surface area (Å²) in [7, 11) is 0. The molecule has 0 spiro atoms. The van der Waals surface area contributed by atoms with Crippen LogP contribution < -0.4 is 16.0 Å². The van der Waals surface area contributed by atoms with Crippen molar-refractivity contribution in [2.75, 3.05) is 11.9 Å². The molecule has 1 aromatic carbocycles. The van der Waals surface area contributed by atoms with E-state index in [1.807, 2.05) is 39.8 Å². The lowest BCUT2D eigenvalue weighted by Crippen LogP contribution is -2.46. The number of amides is 2. The molecule has 0 saturated heterocycles. The van der Waals surface area contributed by atoms with Gasteiger partial charge in [-0.25, -0.2) is 0 Å². The molecule has 5 heteroatoms. The van der Waals surface area contributed by atoms with Crippen molar-refractivity contribution in [3.05, 3.63) is 29.3 Å². The normalized spacial score (nSPS) is 11.9. The Kier molecular flexibility index (Phi) is 6.21. The summed E-state index contributed by atoms with van der Waals surface area (Å²) in [5.41, 5.74) is 2.57. The molecule has 0 heterocycles. The number of anilines is 1. The largest absolute Gasteiger partial charge is 0.385 e. The highest BCUT2D eigenvalue weighted by atomic mass is 16.2. The van der Waals surface area contributed by atoms with Gasteiger partial charge in [-0.3, -0.25) is 9.59 Å².